The highest BCUT2D eigenvalue weighted by molar-refractivity contribution is 6.08. The van der Waals surface area contributed by atoms with Gasteiger partial charge in [0.1, 0.15) is 11.7 Å². The van der Waals surface area contributed by atoms with E-state index in [1.165, 1.54) is 37.5 Å². The van der Waals surface area contributed by atoms with Crippen molar-refractivity contribution in [2.24, 2.45) is 5.92 Å². The molecular formula is C14H12FNO3. The molecule has 5 heteroatoms. The third kappa shape index (κ3) is 2.54. The number of carbonyl (C=O) groups is 2. The van der Waals surface area contributed by atoms with E-state index in [0.717, 1.165) is 0 Å². The number of ether oxygens (including phenoxy) is 1. The van der Waals surface area contributed by atoms with E-state index in [0.29, 0.717) is 5.56 Å². The maximum atomic E-state index is 12.8. The number of amides is 1. The molecule has 1 aliphatic rings. The minimum atomic E-state index is -0.831. The minimum Gasteiger partial charge on any atom is -0.468 e. The van der Waals surface area contributed by atoms with Crippen LogP contribution in [0.25, 0.3) is 6.08 Å². The lowest BCUT2D eigenvalue weighted by atomic mass is 9.98. The van der Waals surface area contributed by atoms with Gasteiger partial charge in [-0.1, -0.05) is 18.7 Å². The zero-order chi connectivity index (χ0) is 14.0. The summed E-state index contributed by atoms with van der Waals surface area (Å²) in [6.45, 7) is 3.63. The monoisotopic (exact) mass is 261 g/mol. The molecule has 1 aromatic carbocycles. The van der Waals surface area contributed by atoms with E-state index < -0.39 is 17.8 Å². The lowest BCUT2D eigenvalue weighted by Crippen LogP contribution is -2.17. The molecule has 0 aromatic heterocycles. The molecule has 19 heavy (non-hydrogen) atoms. The molecule has 0 spiro atoms. The summed E-state index contributed by atoms with van der Waals surface area (Å²) in [6.07, 6.45) is 1.52. The van der Waals surface area contributed by atoms with Gasteiger partial charge in [-0.2, -0.15) is 0 Å². The first-order valence-electron chi connectivity index (χ1n) is 5.58. The number of halogens is 1. The van der Waals surface area contributed by atoms with Crippen molar-refractivity contribution in [3.8, 4) is 0 Å². The number of esters is 1. The topological polar surface area (TPSA) is 55.4 Å². The van der Waals surface area contributed by atoms with E-state index in [1.54, 1.807) is 0 Å². The van der Waals surface area contributed by atoms with Crippen LogP contribution in [0.15, 0.2) is 42.1 Å². The molecule has 98 valence electrons. The van der Waals surface area contributed by atoms with Crippen LogP contribution in [0.5, 0.6) is 0 Å². The molecule has 2 rings (SSSR count). The van der Waals surface area contributed by atoms with Gasteiger partial charge in [0.2, 0.25) is 0 Å². The zero-order valence-corrected chi connectivity index (χ0v) is 10.3. The van der Waals surface area contributed by atoms with Gasteiger partial charge in [0.05, 0.1) is 7.11 Å². The molecule has 0 aliphatic carbocycles. The molecule has 0 bridgehead atoms. The Morgan fingerprint density at radius 3 is 2.63 bits per heavy atom. The third-order valence-corrected chi connectivity index (χ3v) is 2.82. The van der Waals surface area contributed by atoms with Crippen LogP contribution in [0.2, 0.25) is 0 Å². The Hall–Kier alpha value is -2.43. The van der Waals surface area contributed by atoms with Crippen LogP contribution in [0.3, 0.4) is 0 Å². The number of methoxy groups -OCH3 is 1. The maximum Gasteiger partial charge on any atom is 0.319 e. The maximum absolute atomic E-state index is 12.8. The van der Waals surface area contributed by atoms with Gasteiger partial charge >= 0.3 is 5.97 Å². The largest absolute Gasteiger partial charge is 0.468 e. The molecule has 1 fully saturated rings. The van der Waals surface area contributed by atoms with Crippen molar-refractivity contribution < 1.29 is 18.7 Å². The van der Waals surface area contributed by atoms with Crippen LogP contribution < -0.4 is 5.32 Å². The average molecular weight is 261 g/mol. The number of benzene rings is 1. The second kappa shape index (κ2) is 5.06. The highest BCUT2D eigenvalue weighted by atomic mass is 19.1. The van der Waals surface area contributed by atoms with Gasteiger partial charge in [0, 0.05) is 11.3 Å². The van der Waals surface area contributed by atoms with Crippen molar-refractivity contribution in [2.75, 3.05) is 7.11 Å². The lowest BCUT2D eigenvalue weighted by molar-refractivity contribution is -0.142. The van der Waals surface area contributed by atoms with Crippen LogP contribution in [0, 0.1) is 11.7 Å². The van der Waals surface area contributed by atoms with E-state index in [4.69, 9.17) is 0 Å². The van der Waals surface area contributed by atoms with Crippen molar-refractivity contribution in [1.82, 2.24) is 5.32 Å². The predicted octanol–water partition coefficient (Wildman–Crippen LogP) is 1.64. The number of rotatable bonds is 2. The molecular weight excluding hydrogens is 249 g/mol. The first-order chi connectivity index (χ1) is 9.02. The summed E-state index contributed by atoms with van der Waals surface area (Å²) < 4.78 is 17.5. The van der Waals surface area contributed by atoms with Crippen LogP contribution in [-0.4, -0.2) is 19.0 Å². The standard InChI is InChI=1S/C14H12FNO3/c1-8-12(14(18)19-2)11(13(17)16-8)7-9-3-5-10(15)6-4-9/h3-7,12H,1H2,2H3,(H,16,17)/b11-7+/t12-/m0/s1. The zero-order valence-electron chi connectivity index (χ0n) is 10.3. The molecule has 1 saturated heterocycles. The second-order valence-electron chi connectivity index (χ2n) is 4.09. The Morgan fingerprint density at radius 1 is 1.42 bits per heavy atom. The number of hydrogen-bond acceptors (Lipinski definition) is 3. The average Bonchev–Trinajstić information content (AvgIpc) is 2.66. The summed E-state index contributed by atoms with van der Waals surface area (Å²) in [5, 5.41) is 2.49. The molecule has 0 radical (unpaired) electrons. The van der Waals surface area contributed by atoms with Gasteiger partial charge in [-0.25, -0.2) is 4.39 Å². The molecule has 0 unspecified atom stereocenters. The number of carbonyl (C=O) groups excluding carboxylic acids is 2. The van der Waals surface area contributed by atoms with Crippen LogP contribution in [-0.2, 0) is 14.3 Å². The minimum absolute atomic E-state index is 0.239. The smallest absolute Gasteiger partial charge is 0.319 e. The van der Waals surface area contributed by atoms with E-state index >= 15 is 0 Å². The van der Waals surface area contributed by atoms with Gasteiger partial charge in [-0.05, 0) is 23.8 Å². The van der Waals surface area contributed by atoms with Gasteiger partial charge in [0.25, 0.3) is 5.91 Å². The van der Waals surface area contributed by atoms with Crippen molar-refractivity contribution >= 4 is 18.0 Å². The lowest BCUT2D eigenvalue weighted by Gasteiger charge is -2.08. The van der Waals surface area contributed by atoms with Gasteiger partial charge in [0.15, 0.2) is 0 Å². The Morgan fingerprint density at radius 2 is 2.05 bits per heavy atom. The summed E-state index contributed by atoms with van der Waals surface area (Å²) in [4.78, 5) is 23.4. The highest BCUT2D eigenvalue weighted by Crippen LogP contribution is 2.28. The summed E-state index contributed by atoms with van der Waals surface area (Å²) in [5.41, 5.74) is 1.14. The Balaban J connectivity index is 2.39. The molecule has 1 atom stereocenters. The van der Waals surface area contributed by atoms with Gasteiger partial charge < -0.3 is 10.1 Å². The summed E-state index contributed by atoms with van der Waals surface area (Å²) in [6, 6.07) is 5.60. The van der Waals surface area contributed by atoms with Crippen molar-refractivity contribution in [1.29, 1.82) is 0 Å². The Bertz CT molecular complexity index is 575. The SMILES string of the molecule is C=C1NC(=O)/C(=C/c2ccc(F)cc2)[C@H]1C(=O)OC. The van der Waals surface area contributed by atoms with Gasteiger partial charge in [-0.3, -0.25) is 9.59 Å². The van der Waals surface area contributed by atoms with Crippen LogP contribution in [0.1, 0.15) is 5.56 Å². The predicted molar refractivity (Wildman–Crippen MR) is 67.2 cm³/mol. The molecule has 1 amide bonds. The van der Waals surface area contributed by atoms with Crippen molar-refractivity contribution in [2.45, 2.75) is 0 Å². The number of hydrogen-bond donors (Lipinski definition) is 1. The first kappa shape index (κ1) is 13.0. The van der Waals surface area contributed by atoms with Crippen molar-refractivity contribution in [3.05, 3.63) is 53.5 Å². The molecule has 1 N–H and O–H groups in total. The third-order valence-electron chi connectivity index (χ3n) is 2.82. The Labute approximate surface area is 109 Å². The fourth-order valence-corrected chi connectivity index (χ4v) is 1.88. The molecule has 1 aliphatic heterocycles. The first-order valence-corrected chi connectivity index (χ1v) is 5.58. The van der Waals surface area contributed by atoms with E-state index in [1.807, 2.05) is 0 Å². The molecule has 1 aromatic rings. The quantitative estimate of drug-likeness (QED) is 0.650. The van der Waals surface area contributed by atoms with Crippen molar-refractivity contribution in [3.63, 3.8) is 0 Å². The molecule has 0 saturated carbocycles. The highest BCUT2D eigenvalue weighted by Gasteiger charge is 2.37. The summed E-state index contributed by atoms with van der Waals surface area (Å²) in [5.74, 6) is -2.16. The normalized spacial score (nSPS) is 20.5. The van der Waals surface area contributed by atoms with Crippen LogP contribution >= 0.6 is 0 Å². The summed E-state index contributed by atoms with van der Waals surface area (Å²) in [7, 11) is 1.24. The van der Waals surface area contributed by atoms with E-state index in [2.05, 4.69) is 16.6 Å². The summed E-state index contributed by atoms with van der Waals surface area (Å²) >= 11 is 0. The second-order valence-corrected chi connectivity index (χ2v) is 4.09. The van der Waals surface area contributed by atoms with Gasteiger partial charge in [-0.15, -0.1) is 0 Å². The van der Waals surface area contributed by atoms with Crippen LogP contribution in [0.4, 0.5) is 4.39 Å². The van der Waals surface area contributed by atoms with E-state index in [9.17, 15) is 14.0 Å². The molecule has 4 nitrogen and oxygen atoms in total. The number of nitrogens with one attached hydrogen (secondary N) is 1. The fourth-order valence-electron chi connectivity index (χ4n) is 1.88. The Kier molecular flexibility index (Phi) is 3.46. The fraction of sp³-hybridized carbons (Fsp3) is 0.143. The molecule has 1 heterocycles. The van der Waals surface area contributed by atoms with E-state index in [-0.39, 0.29) is 17.1 Å².